The summed E-state index contributed by atoms with van der Waals surface area (Å²) < 4.78 is 17.6. The van der Waals surface area contributed by atoms with E-state index in [2.05, 4.69) is 26.5 Å². The third-order valence-corrected chi connectivity index (χ3v) is 4.89. The van der Waals surface area contributed by atoms with Crippen LogP contribution in [0.3, 0.4) is 0 Å². The van der Waals surface area contributed by atoms with E-state index in [-0.39, 0.29) is 0 Å². The fraction of sp³-hybridized carbons (Fsp3) is 0.160. The number of carbonyl (C=O) groups excluding carboxylic acids is 2. The lowest BCUT2D eigenvalue weighted by Gasteiger charge is -2.13. The summed E-state index contributed by atoms with van der Waals surface area (Å²) in [6.45, 7) is 3.85. The van der Waals surface area contributed by atoms with Crippen LogP contribution in [0.4, 0.5) is 0 Å². The Kier molecular flexibility index (Phi) is 8.60. The first-order chi connectivity index (χ1) is 16.0. The second-order valence-corrected chi connectivity index (χ2v) is 7.76. The molecule has 0 heterocycles. The molecule has 0 aliphatic heterocycles. The topological polar surface area (TPSA) is 86.2 Å². The number of hydrogen-bond donors (Lipinski definition) is 1. The van der Waals surface area contributed by atoms with Crippen LogP contribution >= 0.6 is 15.9 Å². The van der Waals surface area contributed by atoms with Crippen molar-refractivity contribution in [3.05, 3.63) is 88.4 Å². The van der Waals surface area contributed by atoms with Crippen molar-refractivity contribution >= 4 is 34.0 Å². The van der Waals surface area contributed by atoms with E-state index in [1.807, 2.05) is 25.1 Å². The summed E-state index contributed by atoms with van der Waals surface area (Å²) in [6, 6.07) is 20.9. The molecule has 3 aromatic rings. The lowest BCUT2D eigenvalue weighted by Crippen LogP contribution is -2.33. The summed E-state index contributed by atoms with van der Waals surface area (Å²) in [5, 5.41) is 3.98. The number of benzene rings is 3. The molecule has 1 atom stereocenters. The van der Waals surface area contributed by atoms with Crippen LogP contribution in [0.5, 0.6) is 17.2 Å². The smallest absolute Gasteiger partial charge is 0.343 e. The van der Waals surface area contributed by atoms with E-state index in [4.69, 9.17) is 14.2 Å². The summed E-state index contributed by atoms with van der Waals surface area (Å²) in [4.78, 5) is 24.6. The fourth-order valence-corrected chi connectivity index (χ4v) is 2.99. The minimum absolute atomic E-state index is 0.295. The van der Waals surface area contributed by atoms with Gasteiger partial charge in [-0.05, 0) is 74.0 Å². The maximum Gasteiger partial charge on any atom is 0.343 e. The highest BCUT2D eigenvalue weighted by molar-refractivity contribution is 9.10. The molecule has 0 bridgehead atoms. The number of halogens is 1. The molecule has 0 spiro atoms. The zero-order valence-corrected chi connectivity index (χ0v) is 19.7. The lowest BCUT2D eigenvalue weighted by atomic mass is 10.2. The number of carbonyl (C=O) groups is 2. The first kappa shape index (κ1) is 24.0. The van der Waals surface area contributed by atoms with E-state index < -0.39 is 18.0 Å². The fourth-order valence-electron chi connectivity index (χ4n) is 2.72. The molecule has 1 N–H and O–H groups in total. The highest BCUT2D eigenvalue weighted by Gasteiger charge is 2.15. The second kappa shape index (κ2) is 11.8. The van der Waals surface area contributed by atoms with E-state index in [1.54, 1.807) is 61.5 Å². The van der Waals surface area contributed by atoms with Gasteiger partial charge >= 0.3 is 5.97 Å². The van der Waals surface area contributed by atoms with Crippen LogP contribution in [0, 0.1) is 0 Å². The van der Waals surface area contributed by atoms with Gasteiger partial charge in [0.15, 0.2) is 17.6 Å². The van der Waals surface area contributed by atoms with E-state index in [0.29, 0.717) is 35.0 Å². The third kappa shape index (κ3) is 7.18. The van der Waals surface area contributed by atoms with Gasteiger partial charge in [-0.1, -0.05) is 34.1 Å². The van der Waals surface area contributed by atoms with Crippen LogP contribution in [-0.2, 0) is 4.79 Å². The predicted molar refractivity (Wildman–Crippen MR) is 129 cm³/mol. The SMILES string of the molecule is CCOc1cc(C=NNC(=O)C(C)Oc2ccc(Br)cc2)ccc1OC(=O)c1ccccc1. The molecule has 33 heavy (non-hydrogen) atoms. The van der Waals surface area contributed by atoms with Crippen molar-refractivity contribution in [1.29, 1.82) is 0 Å². The van der Waals surface area contributed by atoms with Crippen LogP contribution in [0.2, 0.25) is 0 Å². The quantitative estimate of drug-likeness (QED) is 0.190. The summed E-state index contributed by atoms with van der Waals surface area (Å²) in [6.07, 6.45) is 0.734. The van der Waals surface area contributed by atoms with Crippen LogP contribution in [0.25, 0.3) is 0 Å². The molecule has 1 unspecified atom stereocenters. The Morgan fingerprint density at radius 3 is 2.45 bits per heavy atom. The molecule has 3 rings (SSSR count). The number of esters is 1. The van der Waals surface area contributed by atoms with Gasteiger partial charge in [-0.3, -0.25) is 4.79 Å². The Morgan fingerprint density at radius 2 is 1.76 bits per heavy atom. The summed E-state index contributed by atoms with van der Waals surface area (Å²) >= 11 is 3.35. The molecule has 0 fully saturated rings. The van der Waals surface area contributed by atoms with Crippen molar-refractivity contribution in [2.24, 2.45) is 5.10 Å². The monoisotopic (exact) mass is 510 g/mol. The Hall–Kier alpha value is -3.65. The highest BCUT2D eigenvalue weighted by atomic mass is 79.9. The van der Waals surface area contributed by atoms with Crippen molar-refractivity contribution in [3.8, 4) is 17.2 Å². The number of nitrogens with zero attached hydrogens (tertiary/aromatic N) is 1. The number of rotatable bonds is 9. The number of amides is 1. The van der Waals surface area contributed by atoms with E-state index >= 15 is 0 Å². The third-order valence-electron chi connectivity index (χ3n) is 4.36. The molecule has 7 nitrogen and oxygen atoms in total. The Labute approximate surface area is 200 Å². The van der Waals surface area contributed by atoms with Crippen molar-refractivity contribution in [3.63, 3.8) is 0 Å². The van der Waals surface area contributed by atoms with Crippen molar-refractivity contribution in [1.82, 2.24) is 5.43 Å². The van der Waals surface area contributed by atoms with E-state index in [1.165, 1.54) is 6.21 Å². The Balaban J connectivity index is 1.61. The van der Waals surface area contributed by atoms with Gasteiger partial charge in [-0.15, -0.1) is 0 Å². The molecule has 0 saturated carbocycles. The lowest BCUT2D eigenvalue weighted by molar-refractivity contribution is -0.127. The first-order valence-corrected chi connectivity index (χ1v) is 11.0. The molecule has 0 aliphatic carbocycles. The van der Waals surface area contributed by atoms with Gasteiger partial charge < -0.3 is 14.2 Å². The normalized spacial score (nSPS) is 11.6. The highest BCUT2D eigenvalue weighted by Crippen LogP contribution is 2.29. The van der Waals surface area contributed by atoms with Gasteiger partial charge in [0.1, 0.15) is 5.75 Å². The largest absolute Gasteiger partial charge is 0.490 e. The van der Waals surface area contributed by atoms with Crippen molar-refractivity contribution in [2.75, 3.05) is 6.61 Å². The average molecular weight is 511 g/mol. The number of hydrazone groups is 1. The minimum atomic E-state index is -0.734. The zero-order valence-electron chi connectivity index (χ0n) is 18.2. The number of nitrogens with one attached hydrogen (secondary N) is 1. The maximum atomic E-state index is 12.3. The number of hydrogen-bond acceptors (Lipinski definition) is 6. The van der Waals surface area contributed by atoms with Gasteiger partial charge in [0.2, 0.25) is 0 Å². The number of ether oxygens (including phenoxy) is 3. The average Bonchev–Trinajstić information content (AvgIpc) is 2.82. The van der Waals surface area contributed by atoms with Gasteiger partial charge in [0.25, 0.3) is 5.91 Å². The van der Waals surface area contributed by atoms with Gasteiger partial charge in [0, 0.05) is 4.47 Å². The van der Waals surface area contributed by atoms with Crippen LogP contribution in [-0.4, -0.2) is 30.8 Å². The van der Waals surface area contributed by atoms with Gasteiger partial charge in [-0.25, -0.2) is 10.2 Å². The molecule has 170 valence electrons. The van der Waals surface area contributed by atoms with Crippen LogP contribution in [0.15, 0.2) is 82.4 Å². The maximum absolute atomic E-state index is 12.3. The molecule has 1 amide bonds. The molecular formula is C25H23BrN2O5. The van der Waals surface area contributed by atoms with Gasteiger partial charge in [-0.2, -0.15) is 5.10 Å². The molecule has 0 saturated heterocycles. The van der Waals surface area contributed by atoms with Crippen molar-refractivity contribution in [2.45, 2.75) is 20.0 Å². The molecule has 0 aromatic heterocycles. The van der Waals surface area contributed by atoms with Crippen LogP contribution < -0.4 is 19.6 Å². The Bertz CT molecular complexity index is 1120. The molecule has 3 aromatic carbocycles. The second-order valence-electron chi connectivity index (χ2n) is 6.84. The Morgan fingerprint density at radius 1 is 1.03 bits per heavy atom. The summed E-state index contributed by atoms with van der Waals surface area (Å²) in [5.74, 6) is 0.386. The van der Waals surface area contributed by atoms with Crippen molar-refractivity contribution < 1.29 is 23.8 Å². The molecular weight excluding hydrogens is 488 g/mol. The first-order valence-electron chi connectivity index (χ1n) is 10.3. The van der Waals surface area contributed by atoms with E-state index in [9.17, 15) is 9.59 Å². The minimum Gasteiger partial charge on any atom is -0.490 e. The molecule has 0 radical (unpaired) electrons. The molecule has 0 aliphatic rings. The predicted octanol–water partition coefficient (Wildman–Crippen LogP) is 4.98. The summed E-state index contributed by atoms with van der Waals surface area (Å²) in [7, 11) is 0. The van der Waals surface area contributed by atoms with Gasteiger partial charge in [0.05, 0.1) is 18.4 Å². The standard InChI is InChI=1S/C25H23BrN2O5/c1-3-31-23-15-18(9-14-22(23)33-25(30)19-7-5-4-6-8-19)16-27-28-24(29)17(2)32-21-12-10-20(26)11-13-21/h4-17H,3H2,1-2H3,(H,28,29). The zero-order chi connectivity index (χ0) is 23.6. The van der Waals surface area contributed by atoms with E-state index in [0.717, 1.165) is 4.47 Å². The van der Waals surface area contributed by atoms with Crippen LogP contribution in [0.1, 0.15) is 29.8 Å². The molecule has 8 heteroatoms. The summed E-state index contributed by atoms with van der Waals surface area (Å²) in [5.41, 5.74) is 3.54.